The van der Waals surface area contributed by atoms with Crippen molar-refractivity contribution in [2.24, 2.45) is 0 Å². The molecule has 1 N–H and O–H groups in total. The number of aryl methyl sites for hydroxylation is 1. The number of halogens is 3. The summed E-state index contributed by atoms with van der Waals surface area (Å²) in [5.41, 5.74) is 2.49. The second-order valence-electron chi connectivity index (χ2n) is 7.94. The van der Waals surface area contributed by atoms with Crippen LogP contribution in [-0.4, -0.2) is 23.6 Å². The average Bonchev–Trinajstić information content (AvgIpc) is 3.10. The van der Waals surface area contributed by atoms with Gasteiger partial charge in [0.2, 0.25) is 0 Å². The lowest BCUT2D eigenvalue weighted by atomic mass is 9.91. The number of benzene rings is 3. The van der Waals surface area contributed by atoms with Crippen molar-refractivity contribution >= 4 is 39.9 Å². The fraction of sp³-hybridized carbons (Fsp3) is 0.280. The predicted molar refractivity (Wildman–Crippen MR) is 122 cm³/mol. The van der Waals surface area contributed by atoms with Gasteiger partial charge in [-0.1, -0.05) is 55.3 Å². The number of carbonyl (C=O) groups excluding carboxylic acids is 1. The number of rotatable bonds is 8. The highest BCUT2D eigenvalue weighted by molar-refractivity contribution is 6.34. The van der Waals surface area contributed by atoms with Crippen LogP contribution in [-0.2, 0) is 24.2 Å². The van der Waals surface area contributed by atoms with E-state index in [9.17, 15) is 18.4 Å². The van der Waals surface area contributed by atoms with Crippen molar-refractivity contribution in [1.82, 2.24) is 0 Å². The number of unbranched alkanes of at least 4 members (excludes halogenated alkanes) is 1. The van der Waals surface area contributed by atoms with Crippen LogP contribution >= 0.6 is 11.6 Å². The fourth-order valence-electron chi connectivity index (χ4n) is 4.40. The Bertz CT molecular complexity index is 1240. The summed E-state index contributed by atoms with van der Waals surface area (Å²) in [6.07, 6.45) is 2.17. The third kappa shape index (κ3) is 4.37. The number of anilines is 1. The minimum Gasteiger partial charge on any atom is -0.481 e. The Morgan fingerprint density at radius 2 is 1.94 bits per heavy atom. The summed E-state index contributed by atoms with van der Waals surface area (Å²) in [5, 5.41) is 10.5. The molecule has 5 nitrogen and oxygen atoms in total. The summed E-state index contributed by atoms with van der Waals surface area (Å²) >= 11 is 6.42. The lowest BCUT2D eigenvalue weighted by molar-refractivity contribution is -0.136. The van der Waals surface area contributed by atoms with Crippen molar-refractivity contribution in [2.45, 2.75) is 45.8 Å². The number of ether oxygens (including phenoxy) is 1. The zero-order valence-corrected chi connectivity index (χ0v) is 18.7. The van der Waals surface area contributed by atoms with Gasteiger partial charge in [0.1, 0.15) is 5.75 Å². The number of amides is 1. The summed E-state index contributed by atoms with van der Waals surface area (Å²) in [7, 11) is 0. The largest absolute Gasteiger partial charge is 0.481 e. The summed E-state index contributed by atoms with van der Waals surface area (Å²) in [6.45, 7) is -0.969. The SMILES string of the molecule is CCCCc1c2c(c(OC(F)F)c3ccccc13)CN(c1ccc(CC(=O)O)cc1Cl)C2=O. The first-order valence-electron chi connectivity index (χ1n) is 10.6. The van der Waals surface area contributed by atoms with Crippen LogP contribution in [0.5, 0.6) is 5.75 Å². The standard InChI is InChI=1S/C25H22ClF2NO4/c1-2-3-6-16-15-7-4-5-8-17(15)23(33-25(27)28)18-13-29(24(32)22(16)18)20-10-9-14(11-19(20)26)12-21(30)31/h4-5,7-11,25H,2-3,6,12-13H2,1H3,(H,30,31). The van der Waals surface area contributed by atoms with Gasteiger partial charge in [0.25, 0.3) is 5.91 Å². The third-order valence-electron chi connectivity index (χ3n) is 5.80. The number of aliphatic carboxylic acids is 1. The lowest BCUT2D eigenvalue weighted by Crippen LogP contribution is -2.24. The van der Waals surface area contributed by atoms with Gasteiger partial charge in [-0.25, -0.2) is 0 Å². The smallest absolute Gasteiger partial charge is 0.387 e. The molecule has 0 aromatic heterocycles. The van der Waals surface area contributed by atoms with Crippen LogP contribution in [0.2, 0.25) is 5.02 Å². The van der Waals surface area contributed by atoms with E-state index in [0.29, 0.717) is 34.2 Å². The molecule has 0 unspecified atom stereocenters. The van der Waals surface area contributed by atoms with E-state index in [1.165, 1.54) is 11.0 Å². The van der Waals surface area contributed by atoms with Crippen molar-refractivity contribution in [3.05, 3.63) is 69.7 Å². The van der Waals surface area contributed by atoms with Crippen LogP contribution in [0.1, 0.15) is 46.8 Å². The maximum absolute atomic E-state index is 13.6. The van der Waals surface area contributed by atoms with Crippen molar-refractivity contribution in [3.8, 4) is 5.75 Å². The monoisotopic (exact) mass is 473 g/mol. The summed E-state index contributed by atoms with van der Waals surface area (Å²) < 4.78 is 31.7. The van der Waals surface area contributed by atoms with E-state index in [4.69, 9.17) is 21.4 Å². The molecule has 1 heterocycles. The van der Waals surface area contributed by atoms with Crippen LogP contribution in [0.15, 0.2) is 42.5 Å². The maximum Gasteiger partial charge on any atom is 0.387 e. The zero-order valence-electron chi connectivity index (χ0n) is 17.9. The van der Waals surface area contributed by atoms with Gasteiger partial charge in [-0.05, 0) is 41.5 Å². The molecule has 8 heteroatoms. The molecule has 0 spiro atoms. The number of carboxylic acids is 1. The number of nitrogens with zero attached hydrogens (tertiary/aromatic N) is 1. The molecule has 3 aromatic rings. The number of hydrogen-bond donors (Lipinski definition) is 1. The highest BCUT2D eigenvalue weighted by Gasteiger charge is 2.36. The maximum atomic E-state index is 13.6. The Morgan fingerprint density at radius 3 is 2.58 bits per heavy atom. The summed E-state index contributed by atoms with van der Waals surface area (Å²) in [4.78, 5) is 26.0. The van der Waals surface area contributed by atoms with Crippen LogP contribution in [0.25, 0.3) is 10.8 Å². The van der Waals surface area contributed by atoms with Crippen LogP contribution in [0.4, 0.5) is 14.5 Å². The molecule has 0 fully saturated rings. The van der Waals surface area contributed by atoms with Crippen LogP contribution < -0.4 is 9.64 Å². The highest BCUT2D eigenvalue weighted by Crippen LogP contribution is 2.44. The van der Waals surface area contributed by atoms with Gasteiger partial charge in [-0.15, -0.1) is 0 Å². The zero-order chi connectivity index (χ0) is 23.7. The Kier molecular flexibility index (Phi) is 6.51. The van der Waals surface area contributed by atoms with E-state index >= 15 is 0 Å². The molecule has 1 aliphatic rings. The molecule has 3 aromatic carbocycles. The van der Waals surface area contributed by atoms with Gasteiger partial charge in [0, 0.05) is 10.9 Å². The van der Waals surface area contributed by atoms with Gasteiger partial charge in [0.15, 0.2) is 0 Å². The van der Waals surface area contributed by atoms with Crippen LogP contribution in [0, 0.1) is 0 Å². The minimum absolute atomic E-state index is 0.00492. The van der Waals surface area contributed by atoms with Crippen molar-refractivity contribution in [1.29, 1.82) is 0 Å². The first-order valence-corrected chi connectivity index (χ1v) is 11.0. The second-order valence-corrected chi connectivity index (χ2v) is 8.34. The first kappa shape index (κ1) is 23.0. The van der Waals surface area contributed by atoms with Crippen LogP contribution in [0.3, 0.4) is 0 Å². The molecular weight excluding hydrogens is 452 g/mol. The molecule has 0 aliphatic carbocycles. The minimum atomic E-state index is -3.04. The van der Waals surface area contributed by atoms with Gasteiger partial charge in [-0.3, -0.25) is 9.59 Å². The molecule has 1 amide bonds. The van der Waals surface area contributed by atoms with E-state index < -0.39 is 12.6 Å². The van der Waals surface area contributed by atoms with E-state index in [1.54, 1.807) is 24.3 Å². The molecule has 1 aliphatic heterocycles. The van der Waals surface area contributed by atoms with Gasteiger partial charge in [0.05, 0.1) is 29.2 Å². The molecule has 4 rings (SSSR count). The van der Waals surface area contributed by atoms with E-state index in [1.807, 2.05) is 19.1 Å². The molecule has 0 atom stereocenters. The van der Waals surface area contributed by atoms with Gasteiger partial charge in [-0.2, -0.15) is 8.78 Å². The fourth-order valence-corrected chi connectivity index (χ4v) is 4.70. The van der Waals surface area contributed by atoms with Crippen molar-refractivity contribution < 1.29 is 28.2 Å². The topological polar surface area (TPSA) is 66.8 Å². The highest BCUT2D eigenvalue weighted by atomic mass is 35.5. The Balaban J connectivity index is 1.87. The predicted octanol–water partition coefficient (Wildman–Crippen LogP) is 6.22. The molecule has 33 heavy (non-hydrogen) atoms. The van der Waals surface area contributed by atoms with Crippen molar-refractivity contribution in [3.63, 3.8) is 0 Å². The Morgan fingerprint density at radius 1 is 1.21 bits per heavy atom. The summed E-state index contributed by atoms with van der Waals surface area (Å²) in [5.74, 6) is -1.33. The number of fused-ring (bicyclic) bond motifs is 2. The second kappa shape index (κ2) is 9.35. The van der Waals surface area contributed by atoms with Crippen molar-refractivity contribution in [2.75, 3.05) is 4.90 Å². The molecule has 0 bridgehead atoms. The van der Waals surface area contributed by atoms with E-state index in [0.717, 1.165) is 23.8 Å². The number of carboxylic acid groups (broad SMARTS) is 1. The first-order chi connectivity index (χ1) is 15.8. The number of hydrogen-bond acceptors (Lipinski definition) is 3. The van der Waals surface area contributed by atoms with Gasteiger partial charge >= 0.3 is 12.6 Å². The summed E-state index contributed by atoms with van der Waals surface area (Å²) in [6, 6.07) is 11.8. The average molecular weight is 474 g/mol. The quantitative estimate of drug-likeness (QED) is 0.421. The normalized spacial score (nSPS) is 13.1. The molecule has 0 radical (unpaired) electrons. The number of alkyl halides is 2. The molecule has 0 saturated heterocycles. The molecule has 172 valence electrons. The Labute approximate surface area is 194 Å². The van der Waals surface area contributed by atoms with Gasteiger partial charge < -0.3 is 14.7 Å². The van der Waals surface area contributed by atoms with E-state index in [-0.39, 0.29) is 29.6 Å². The third-order valence-corrected chi connectivity index (χ3v) is 6.10. The lowest BCUT2D eigenvalue weighted by Gasteiger charge is -2.18. The molecular formula is C25H22ClF2NO4. The number of carbonyl (C=O) groups is 2. The van der Waals surface area contributed by atoms with E-state index in [2.05, 4.69) is 0 Å². The Hall–Kier alpha value is -3.19. The molecule has 0 saturated carbocycles.